The quantitative estimate of drug-likeness (QED) is 0.667. The monoisotopic (exact) mass is 267 g/mol. The van der Waals surface area contributed by atoms with Gasteiger partial charge >= 0.3 is 0 Å². The summed E-state index contributed by atoms with van der Waals surface area (Å²) in [5, 5.41) is 3.83. The SMILES string of the molecule is CCCCC(CCC)NC(C)c1cc(C)sc1C. The summed E-state index contributed by atoms with van der Waals surface area (Å²) < 4.78 is 0. The molecule has 1 heterocycles. The summed E-state index contributed by atoms with van der Waals surface area (Å²) in [6.45, 7) is 11.3. The van der Waals surface area contributed by atoms with Gasteiger partial charge in [0.05, 0.1) is 0 Å². The van der Waals surface area contributed by atoms with Crippen molar-refractivity contribution in [2.24, 2.45) is 0 Å². The van der Waals surface area contributed by atoms with E-state index in [1.54, 1.807) is 0 Å². The van der Waals surface area contributed by atoms with E-state index in [2.05, 4.69) is 46.0 Å². The van der Waals surface area contributed by atoms with E-state index in [9.17, 15) is 0 Å². The zero-order valence-corrected chi connectivity index (χ0v) is 13.5. The van der Waals surface area contributed by atoms with E-state index in [0.29, 0.717) is 12.1 Å². The summed E-state index contributed by atoms with van der Waals surface area (Å²) in [6, 6.07) is 3.52. The van der Waals surface area contributed by atoms with Crippen molar-refractivity contribution >= 4 is 11.3 Å². The fourth-order valence-electron chi connectivity index (χ4n) is 2.63. The third kappa shape index (κ3) is 4.74. The third-order valence-electron chi connectivity index (χ3n) is 3.57. The lowest BCUT2D eigenvalue weighted by Gasteiger charge is -2.23. The fraction of sp³-hybridized carbons (Fsp3) is 0.750. The maximum atomic E-state index is 3.83. The first-order valence-electron chi connectivity index (χ1n) is 7.41. The van der Waals surface area contributed by atoms with Gasteiger partial charge < -0.3 is 5.32 Å². The van der Waals surface area contributed by atoms with E-state index >= 15 is 0 Å². The molecule has 1 nitrogen and oxygen atoms in total. The highest BCUT2D eigenvalue weighted by Gasteiger charge is 2.15. The molecule has 0 radical (unpaired) electrons. The second-order valence-corrected chi connectivity index (χ2v) is 6.85. The number of rotatable bonds is 8. The van der Waals surface area contributed by atoms with Crippen LogP contribution in [0.2, 0.25) is 0 Å². The minimum atomic E-state index is 0.489. The van der Waals surface area contributed by atoms with Crippen LogP contribution in [0.15, 0.2) is 6.07 Å². The molecule has 0 aliphatic rings. The van der Waals surface area contributed by atoms with Crippen LogP contribution in [0.1, 0.15) is 74.2 Å². The summed E-state index contributed by atoms with van der Waals surface area (Å²) in [6.07, 6.45) is 6.53. The van der Waals surface area contributed by atoms with Crippen molar-refractivity contribution in [1.29, 1.82) is 0 Å². The largest absolute Gasteiger partial charge is 0.307 e. The zero-order chi connectivity index (χ0) is 13.5. The van der Waals surface area contributed by atoms with Crippen molar-refractivity contribution in [3.05, 3.63) is 21.4 Å². The standard InChI is InChI=1S/C16H29NS/c1-6-8-10-15(9-7-2)17-13(4)16-11-12(3)18-14(16)5/h11,13,15,17H,6-10H2,1-5H3. The van der Waals surface area contributed by atoms with Crippen molar-refractivity contribution in [2.45, 2.75) is 78.8 Å². The van der Waals surface area contributed by atoms with Gasteiger partial charge in [0.1, 0.15) is 0 Å². The van der Waals surface area contributed by atoms with Crippen molar-refractivity contribution in [2.75, 3.05) is 0 Å². The molecule has 0 aliphatic heterocycles. The van der Waals surface area contributed by atoms with E-state index in [-0.39, 0.29) is 0 Å². The summed E-state index contributed by atoms with van der Waals surface area (Å²) in [5.41, 5.74) is 1.50. The number of unbranched alkanes of at least 4 members (excludes halogenated alkanes) is 1. The Morgan fingerprint density at radius 3 is 2.39 bits per heavy atom. The molecule has 0 saturated heterocycles. The van der Waals surface area contributed by atoms with Crippen LogP contribution >= 0.6 is 11.3 Å². The van der Waals surface area contributed by atoms with Crippen molar-refractivity contribution in [3.8, 4) is 0 Å². The van der Waals surface area contributed by atoms with Crippen LogP contribution in [-0.2, 0) is 0 Å². The highest BCUT2D eigenvalue weighted by Crippen LogP contribution is 2.27. The molecular weight excluding hydrogens is 238 g/mol. The van der Waals surface area contributed by atoms with Gasteiger partial charge in [-0.1, -0.05) is 33.1 Å². The Kier molecular flexibility index (Phi) is 6.95. The Labute approximate surface area is 117 Å². The molecule has 0 saturated carbocycles. The van der Waals surface area contributed by atoms with Gasteiger partial charge in [-0.05, 0) is 45.2 Å². The van der Waals surface area contributed by atoms with E-state index in [1.165, 1.54) is 47.4 Å². The van der Waals surface area contributed by atoms with Crippen LogP contribution in [0.25, 0.3) is 0 Å². The summed E-state index contributed by atoms with van der Waals surface area (Å²) in [5.74, 6) is 0. The predicted molar refractivity (Wildman–Crippen MR) is 83.6 cm³/mol. The first-order valence-corrected chi connectivity index (χ1v) is 8.23. The van der Waals surface area contributed by atoms with Gasteiger partial charge in [-0.25, -0.2) is 0 Å². The number of hydrogen-bond acceptors (Lipinski definition) is 2. The van der Waals surface area contributed by atoms with Crippen LogP contribution in [0, 0.1) is 13.8 Å². The van der Waals surface area contributed by atoms with Crippen molar-refractivity contribution in [3.63, 3.8) is 0 Å². The Bertz CT molecular complexity index is 343. The average molecular weight is 267 g/mol. The fourth-order valence-corrected chi connectivity index (χ4v) is 3.66. The molecule has 1 N–H and O–H groups in total. The average Bonchev–Trinajstić information content (AvgIpc) is 2.65. The minimum Gasteiger partial charge on any atom is -0.307 e. The number of thiophene rings is 1. The lowest BCUT2D eigenvalue weighted by Crippen LogP contribution is -2.31. The van der Waals surface area contributed by atoms with Gasteiger partial charge in [-0.15, -0.1) is 11.3 Å². The normalized spacial score (nSPS) is 14.7. The van der Waals surface area contributed by atoms with E-state index in [4.69, 9.17) is 0 Å². The Balaban J connectivity index is 2.59. The minimum absolute atomic E-state index is 0.489. The van der Waals surface area contributed by atoms with E-state index in [1.807, 2.05) is 11.3 Å². The molecule has 2 atom stereocenters. The summed E-state index contributed by atoms with van der Waals surface area (Å²) in [7, 11) is 0. The molecule has 18 heavy (non-hydrogen) atoms. The topological polar surface area (TPSA) is 12.0 Å². The number of nitrogens with one attached hydrogen (secondary N) is 1. The number of hydrogen-bond donors (Lipinski definition) is 1. The van der Waals surface area contributed by atoms with Crippen LogP contribution in [0.4, 0.5) is 0 Å². The Morgan fingerprint density at radius 1 is 1.17 bits per heavy atom. The van der Waals surface area contributed by atoms with Gasteiger partial charge in [0.2, 0.25) is 0 Å². The van der Waals surface area contributed by atoms with Gasteiger partial charge in [0, 0.05) is 21.8 Å². The molecule has 104 valence electrons. The molecule has 0 bridgehead atoms. The molecule has 0 fully saturated rings. The smallest absolute Gasteiger partial charge is 0.0305 e. The van der Waals surface area contributed by atoms with E-state index < -0.39 is 0 Å². The lowest BCUT2D eigenvalue weighted by molar-refractivity contribution is 0.396. The molecule has 2 heteroatoms. The summed E-state index contributed by atoms with van der Waals surface area (Å²) in [4.78, 5) is 2.90. The zero-order valence-electron chi connectivity index (χ0n) is 12.7. The maximum Gasteiger partial charge on any atom is 0.0305 e. The van der Waals surface area contributed by atoms with Gasteiger partial charge in [-0.2, -0.15) is 0 Å². The first kappa shape index (κ1) is 15.7. The molecule has 0 spiro atoms. The second-order valence-electron chi connectivity index (χ2n) is 5.38. The van der Waals surface area contributed by atoms with Gasteiger partial charge in [-0.3, -0.25) is 0 Å². The van der Waals surface area contributed by atoms with Crippen molar-refractivity contribution in [1.82, 2.24) is 5.32 Å². The van der Waals surface area contributed by atoms with Crippen molar-refractivity contribution < 1.29 is 0 Å². The first-order chi connectivity index (χ1) is 8.58. The highest BCUT2D eigenvalue weighted by molar-refractivity contribution is 7.12. The number of aryl methyl sites for hydroxylation is 2. The Hall–Kier alpha value is -0.340. The van der Waals surface area contributed by atoms with Crippen LogP contribution in [-0.4, -0.2) is 6.04 Å². The maximum absolute atomic E-state index is 3.83. The molecule has 2 unspecified atom stereocenters. The third-order valence-corrected chi connectivity index (χ3v) is 4.56. The molecule has 0 aromatic carbocycles. The highest BCUT2D eigenvalue weighted by atomic mass is 32.1. The molecule has 0 aliphatic carbocycles. The molecule has 1 aromatic heterocycles. The lowest BCUT2D eigenvalue weighted by atomic mass is 10.0. The predicted octanol–water partition coefficient (Wildman–Crippen LogP) is 5.37. The Morgan fingerprint density at radius 2 is 1.89 bits per heavy atom. The van der Waals surface area contributed by atoms with Crippen LogP contribution in [0.5, 0.6) is 0 Å². The molecular formula is C16H29NS. The second kappa shape index (κ2) is 7.96. The summed E-state index contributed by atoms with van der Waals surface area (Å²) >= 11 is 1.92. The van der Waals surface area contributed by atoms with Crippen LogP contribution < -0.4 is 5.32 Å². The van der Waals surface area contributed by atoms with E-state index in [0.717, 1.165) is 0 Å². The molecule has 1 rings (SSSR count). The molecule has 1 aromatic rings. The van der Waals surface area contributed by atoms with Gasteiger partial charge in [0.25, 0.3) is 0 Å². The van der Waals surface area contributed by atoms with Gasteiger partial charge in [0.15, 0.2) is 0 Å². The van der Waals surface area contributed by atoms with Crippen LogP contribution in [0.3, 0.4) is 0 Å². The molecule has 0 amide bonds.